The zero-order valence-electron chi connectivity index (χ0n) is 17.1. The van der Waals surface area contributed by atoms with E-state index in [1.54, 1.807) is 11.3 Å². The fraction of sp³-hybridized carbons (Fsp3) is 0.280. The molecule has 1 aliphatic heterocycles. The molecule has 0 saturated heterocycles. The van der Waals surface area contributed by atoms with Gasteiger partial charge in [0.1, 0.15) is 0 Å². The van der Waals surface area contributed by atoms with Gasteiger partial charge in [0.2, 0.25) is 11.8 Å². The zero-order valence-corrected chi connectivity index (χ0v) is 18.0. The van der Waals surface area contributed by atoms with Crippen molar-refractivity contribution in [2.45, 2.75) is 38.8 Å². The predicted molar refractivity (Wildman–Crippen MR) is 120 cm³/mol. The van der Waals surface area contributed by atoms with Crippen molar-refractivity contribution in [1.29, 1.82) is 0 Å². The van der Waals surface area contributed by atoms with E-state index in [2.05, 4.69) is 28.9 Å². The fourth-order valence-corrected chi connectivity index (χ4v) is 4.73. The first-order valence-electron chi connectivity index (χ1n) is 10.3. The summed E-state index contributed by atoms with van der Waals surface area (Å²) in [5.41, 5.74) is 4.49. The van der Waals surface area contributed by atoms with Crippen molar-refractivity contribution in [3.63, 3.8) is 0 Å². The number of carbonyl (C=O) groups excluding carboxylic acids is 2. The smallest absolute Gasteiger partial charge is 0.223 e. The summed E-state index contributed by atoms with van der Waals surface area (Å²) < 4.78 is 0. The third kappa shape index (κ3) is 4.79. The molecule has 30 heavy (non-hydrogen) atoms. The highest BCUT2D eigenvalue weighted by molar-refractivity contribution is 7.10. The van der Waals surface area contributed by atoms with E-state index in [9.17, 15) is 9.59 Å². The van der Waals surface area contributed by atoms with Crippen molar-refractivity contribution in [2.24, 2.45) is 0 Å². The molecular weight excluding hydrogens is 392 g/mol. The number of nitrogens with one attached hydrogen (secondary N) is 1. The lowest BCUT2D eigenvalue weighted by molar-refractivity contribution is -0.134. The first-order chi connectivity index (χ1) is 14.6. The molecule has 5 heteroatoms. The SMILES string of the molecule is Cc1ccc(C(NC(=O)CCC(=O)N2CCc3sccc3C2)c2ccccc2)cc1. The van der Waals surface area contributed by atoms with Gasteiger partial charge < -0.3 is 10.2 Å². The van der Waals surface area contributed by atoms with E-state index in [4.69, 9.17) is 0 Å². The van der Waals surface area contributed by atoms with Gasteiger partial charge in [0.05, 0.1) is 6.04 Å². The largest absolute Gasteiger partial charge is 0.345 e. The van der Waals surface area contributed by atoms with Crippen LogP contribution in [0.5, 0.6) is 0 Å². The molecule has 154 valence electrons. The lowest BCUT2D eigenvalue weighted by atomic mass is 9.97. The first-order valence-corrected chi connectivity index (χ1v) is 11.2. The van der Waals surface area contributed by atoms with Crippen LogP contribution in [0.15, 0.2) is 66.0 Å². The third-order valence-electron chi connectivity index (χ3n) is 5.58. The van der Waals surface area contributed by atoms with Gasteiger partial charge in [0.15, 0.2) is 0 Å². The number of aryl methyl sites for hydroxylation is 1. The third-order valence-corrected chi connectivity index (χ3v) is 6.60. The van der Waals surface area contributed by atoms with Gasteiger partial charge in [-0.3, -0.25) is 9.59 Å². The molecule has 2 heterocycles. The van der Waals surface area contributed by atoms with Crippen LogP contribution in [-0.4, -0.2) is 23.3 Å². The van der Waals surface area contributed by atoms with Gasteiger partial charge >= 0.3 is 0 Å². The highest BCUT2D eigenvalue weighted by atomic mass is 32.1. The molecular formula is C25H26N2O2S. The maximum absolute atomic E-state index is 12.7. The number of hydrogen-bond donors (Lipinski definition) is 1. The Balaban J connectivity index is 1.38. The van der Waals surface area contributed by atoms with Crippen molar-refractivity contribution in [2.75, 3.05) is 6.54 Å². The Labute approximate surface area is 181 Å². The van der Waals surface area contributed by atoms with E-state index in [0.717, 1.165) is 24.1 Å². The van der Waals surface area contributed by atoms with Crippen LogP contribution in [0.1, 0.15) is 46.0 Å². The van der Waals surface area contributed by atoms with Gasteiger partial charge in [0, 0.05) is 30.8 Å². The summed E-state index contributed by atoms with van der Waals surface area (Å²) in [6.45, 7) is 3.45. The lowest BCUT2D eigenvalue weighted by Crippen LogP contribution is -2.36. The number of rotatable bonds is 6. The maximum atomic E-state index is 12.7. The Morgan fingerprint density at radius 3 is 2.50 bits per heavy atom. The van der Waals surface area contributed by atoms with Crippen LogP contribution >= 0.6 is 11.3 Å². The number of hydrogen-bond acceptors (Lipinski definition) is 3. The molecule has 1 unspecified atom stereocenters. The average molecular weight is 419 g/mol. The van der Waals surface area contributed by atoms with E-state index >= 15 is 0 Å². The molecule has 3 aromatic rings. The number of fused-ring (bicyclic) bond motifs is 1. The molecule has 0 aliphatic carbocycles. The number of amides is 2. The monoisotopic (exact) mass is 418 g/mol. The van der Waals surface area contributed by atoms with Crippen LogP contribution < -0.4 is 5.32 Å². The van der Waals surface area contributed by atoms with Gasteiger partial charge in [-0.1, -0.05) is 60.2 Å². The topological polar surface area (TPSA) is 49.4 Å². The standard InChI is InChI=1S/C25H26N2O2S/c1-18-7-9-20(10-8-18)25(19-5-3-2-4-6-19)26-23(28)11-12-24(29)27-15-13-22-21(17-27)14-16-30-22/h2-10,14,16,25H,11-13,15,17H2,1H3,(H,26,28). The molecule has 1 aliphatic rings. The van der Waals surface area contributed by atoms with Gasteiger partial charge in [-0.05, 0) is 41.5 Å². The first kappa shape index (κ1) is 20.4. The Morgan fingerprint density at radius 2 is 1.73 bits per heavy atom. The molecule has 0 bridgehead atoms. The Morgan fingerprint density at radius 1 is 1.00 bits per heavy atom. The molecule has 0 spiro atoms. The quantitative estimate of drug-likeness (QED) is 0.635. The minimum Gasteiger partial charge on any atom is -0.345 e. The molecule has 4 nitrogen and oxygen atoms in total. The van der Waals surface area contributed by atoms with Gasteiger partial charge in [-0.15, -0.1) is 11.3 Å². The summed E-state index contributed by atoms with van der Waals surface area (Å²) in [7, 11) is 0. The molecule has 2 aromatic carbocycles. The Bertz CT molecular complexity index is 1010. The van der Waals surface area contributed by atoms with E-state index in [1.165, 1.54) is 16.0 Å². The number of nitrogens with zero attached hydrogens (tertiary/aromatic N) is 1. The van der Waals surface area contributed by atoms with Gasteiger partial charge in [0.25, 0.3) is 0 Å². The summed E-state index contributed by atoms with van der Waals surface area (Å²) in [6, 6.07) is 20.0. The van der Waals surface area contributed by atoms with Crippen LogP contribution in [0.25, 0.3) is 0 Å². The van der Waals surface area contributed by atoms with Crippen molar-refractivity contribution in [1.82, 2.24) is 10.2 Å². The number of carbonyl (C=O) groups is 2. The Hall–Kier alpha value is -2.92. The summed E-state index contributed by atoms with van der Waals surface area (Å²) >= 11 is 1.76. The zero-order chi connectivity index (χ0) is 20.9. The molecule has 0 radical (unpaired) electrons. The average Bonchev–Trinajstić information content (AvgIpc) is 3.25. The predicted octanol–water partition coefficient (Wildman–Crippen LogP) is 4.63. The van der Waals surface area contributed by atoms with E-state index < -0.39 is 0 Å². The normalized spacial score (nSPS) is 14.1. The second-order valence-electron chi connectivity index (χ2n) is 7.76. The minimum absolute atomic E-state index is 0.0496. The van der Waals surface area contributed by atoms with Crippen molar-refractivity contribution < 1.29 is 9.59 Å². The summed E-state index contributed by atoms with van der Waals surface area (Å²) in [5, 5.41) is 5.22. The van der Waals surface area contributed by atoms with Crippen LogP contribution in [0.3, 0.4) is 0 Å². The highest BCUT2D eigenvalue weighted by Crippen LogP contribution is 2.25. The summed E-state index contributed by atoms with van der Waals surface area (Å²) in [6.07, 6.45) is 1.34. The molecule has 1 aromatic heterocycles. The van der Waals surface area contributed by atoms with Crippen LogP contribution in [0.4, 0.5) is 0 Å². The van der Waals surface area contributed by atoms with Crippen LogP contribution in [0, 0.1) is 6.92 Å². The fourth-order valence-electron chi connectivity index (χ4n) is 3.84. The summed E-state index contributed by atoms with van der Waals surface area (Å²) in [5.74, 6) is -0.0559. The van der Waals surface area contributed by atoms with Gasteiger partial charge in [-0.25, -0.2) is 0 Å². The number of thiophene rings is 1. The van der Waals surface area contributed by atoms with Crippen molar-refractivity contribution >= 4 is 23.2 Å². The lowest BCUT2D eigenvalue weighted by Gasteiger charge is -2.27. The maximum Gasteiger partial charge on any atom is 0.223 e. The molecule has 1 atom stereocenters. The molecule has 1 N–H and O–H groups in total. The second-order valence-corrected chi connectivity index (χ2v) is 8.76. The molecule has 0 fully saturated rings. The van der Waals surface area contributed by atoms with E-state index in [0.29, 0.717) is 6.54 Å². The second kappa shape index (κ2) is 9.26. The van der Waals surface area contributed by atoms with E-state index in [-0.39, 0.29) is 30.7 Å². The summed E-state index contributed by atoms with van der Waals surface area (Å²) in [4.78, 5) is 28.6. The molecule has 0 saturated carbocycles. The number of benzene rings is 2. The van der Waals surface area contributed by atoms with Crippen LogP contribution in [0.2, 0.25) is 0 Å². The van der Waals surface area contributed by atoms with Crippen LogP contribution in [-0.2, 0) is 22.6 Å². The van der Waals surface area contributed by atoms with E-state index in [1.807, 2.05) is 54.3 Å². The van der Waals surface area contributed by atoms with Crippen molar-refractivity contribution in [3.8, 4) is 0 Å². The van der Waals surface area contributed by atoms with Gasteiger partial charge in [-0.2, -0.15) is 0 Å². The molecule has 2 amide bonds. The Kier molecular flexibility index (Phi) is 6.29. The highest BCUT2D eigenvalue weighted by Gasteiger charge is 2.23. The molecule has 4 rings (SSSR count). The van der Waals surface area contributed by atoms with Crippen molar-refractivity contribution in [3.05, 3.63) is 93.2 Å². The minimum atomic E-state index is -0.224.